The molecule has 0 rings (SSSR count). The lowest BCUT2D eigenvalue weighted by molar-refractivity contribution is 0.0510. The smallest absolute Gasteiger partial charge is 0.408 e. The summed E-state index contributed by atoms with van der Waals surface area (Å²) in [4.78, 5) is 11.8. The number of hydrogen-bond acceptors (Lipinski definition) is 5. The van der Waals surface area contributed by atoms with Crippen LogP contribution in [0.1, 0.15) is 48.0 Å². The fraction of sp³-hybridized carbons (Fsp3) is 0.786. The molecule has 124 valence electrons. The first-order chi connectivity index (χ1) is 9.45. The van der Waals surface area contributed by atoms with Crippen LogP contribution in [0.2, 0.25) is 0 Å². The highest BCUT2D eigenvalue weighted by atomic mass is 32.2. The molecule has 0 aromatic heterocycles. The molecule has 0 unspecified atom stereocenters. The Bertz CT molecular complexity index is 448. The number of hydrogen-bond donors (Lipinski definition) is 1. The summed E-state index contributed by atoms with van der Waals surface area (Å²) in [5.74, 6) is 0.282. The van der Waals surface area contributed by atoms with Gasteiger partial charge in [0, 0.05) is 0 Å². The van der Waals surface area contributed by atoms with Crippen LogP contribution in [0.25, 0.3) is 0 Å². The Labute approximate surface area is 128 Å². The quantitative estimate of drug-likeness (QED) is 0.729. The summed E-state index contributed by atoms with van der Waals surface area (Å²) in [6.45, 7) is 10.9. The normalized spacial score (nSPS) is 14.4. The van der Waals surface area contributed by atoms with Gasteiger partial charge in [0.25, 0.3) is 10.1 Å². The van der Waals surface area contributed by atoms with Crippen molar-refractivity contribution in [2.45, 2.75) is 59.6 Å². The molecule has 0 spiro atoms. The first-order valence-corrected chi connectivity index (χ1v) is 8.49. The molecule has 0 aromatic carbocycles. The molecule has 21 heavy (non-hydrogen) atoms. The molecule has 1 amide bonds. The van der Waals surface area contributed by atoms with E-state index in [4.69, 9.17) is 4.74 Å². The lowest BCUT2D eigenvalue weighted by atomic mass is 10.0. The van der Waals surface area contributed by atoms with Crippen LogP contribution in [-0.2, 0) is 19.0 Å². The van der Waals surface area contributed by atoms with Gasteiger partial charge in [0.15, 0.2) is 0 Å². The average molecular weight is 321 g/mol. The summed E-state index contributed by atoms with van der Waals surface area (Å²) in [5.41, 5.74) is -0.604. The Kier molecular flexibility index (Phi) is 7.95. The zero-order valence-electron chi connectivity index (χ0n) is 13.7. The van der Waals surface area contributed by atoms with Gasteiger partial charge < -0.3 is 10.1 Å². The molecule has 0 aliphatic rings. The van der Waals surface area contributed by atoms with Crippen molar-refractivity contribution in [2.24, 2.45) is 5.92 Å². The summed E-state index contributed by atoms with van der Waals surface area (Å²) < 4.78 is 32.7. The van der Waals surface area contributed by atoms with Crippen LogP contribution in [0.5, 0.6) is 0 Å². The Balaban J connectivity index is 4.82. The van der Waals surface area contributed by atoms with Crippen LogP contribution in [0.4, 0.5) is 4.79 Å². The maximum atomic E-state index is 11.8. The summed E-state index contributed by atoms with van der Waals surface area (Å²) in [6, 6.07) is -0.435. The van der Waals surface area contributed by atoms with Crippen LogP contribution < -0.4 is 5.32 Å². The van der Waals surface area contributed by atoms with Crippen LogP contribution in [-0.4, -0.2) is 32.8 Å². The Morgan fingerprint density at radius 3 is 2.29 bits per heavy atom. The number of rotatable bonds is 7. The summed E-state index contributed by atoms with van der Waals surface area (Å²) in [7, 11) is -3.71. The third-order valence-corrected chi connectivity index (χ3v) is 3.24. The van der Waals surface area contributed by atoms with E-state index in [0.717, 1.165) is 5.41 Å². The van der Waals surface area contributed by atoms with Crippen molar-refractivity contribution in [2.75, 3.05) is 6.61 Å². The second kappa shape index (κ2) is 8.38. The molecular formula is C14H27NO5S. The molecule has 6 nitrogen and oxygen atoms in total. The van der Waals surface area contributed by atoms with Gasteiger partial charge in [0.2, 0.25) is 0 Å². The van der Waals surface area contributed by atoms with Gasteiger partial charge >= 0.3 is 6.09 Å². The zero-order chi connectivity index (χ0) is 16.7. The predicted molar refractivity (Wildman–Crippen MR) is 82.3 cm³/mol. The number of ether oxygens (including phenoxy) is 1. The van der Waals surface area contributed by atoms with E-state index < -0.39 is 27.9 Å². The van der Waals surface area contributed by atoms with Gasteiger partial charge in [-0.2, -0.15) is 8.42 Å². The number of amides is 1. The van der Waals surface area contributed by atoms with Crippen molar-refractivity contribution in [3.8, 4) is 0 Å². The van der Waals surface area contributed by atoms with Crippen molar-refractivity contribution in [1.82, 2.24) is 5.32 Å². The minimum atomic E-state index is -3.71. The van der Waals surface area contributed by atoms with E-state index in [-0.39, 0.29) is 12.5 Å². The molecule has 0 radical (unpaired) electrons. The second-order valence-electron chi connectivity index (χ2n) is 6.11. The SMILES string of the molecule is CCOS(=O)(=O)/C=C\[C@H](CC(C)C)NC(=O)OC(C)(C)C. The molecule has 0 aliphatic carbocycles. The monoisotopic (exact) mass is 321 g/mol. The summed E-state index contributed by atoms with van der Waals surface area (Å²) >= 11 is 0. The van der Waals surface area contributed by atoms with Crippen LogP contribution in [0, 0.1) is 5.92 Å². The summed E-state index contributed by atoms with van der Waals surface area (Å²) in [6.07, 6.45) is 1.43. The lowest BCUT2D eigenvalue weighted by Crippen LogP contribution is -2.38. The van der Waals surface area contributed by atoms with Gasteiger partial charge in [0.1, 0.15) is 5.60 Å². The molecule has 1 N–H and O–H groups in total. The van der Waals surface area contributed by atoms with E-state index >= 15 is 0 Å². The average Bonchev–Trinajstić information content (AvgIpc) is 2.22. The van der Waals surface area contributed by atoms with Crippen molar-refractivity contribution < 1.29 is 22.1 Å². The molecule has 0 saturated carbocycles. The third kappa shape index (κ3) is 11.3. The van der Waals surface area contributed by atoms with Gasteiger partial charge in [-0.3, -0.25) is 4.18 Å². The molecule has 0 saturated heterocycles. The van der Waals surface area contributed by atoms with E-state index in [0.29, 0.717) is 6.42 Å². The Hall–Kier alpha value is -1.08. The molecule has 0 aromatic rings. The molecule has 7 heteroatoms. The van der Waals surface area contributed by atoms with Crippen molar-refractivity contribution in [3.63, 3.8) is 0 Å². The first-order valence-electron chi connectivity index (χ1n) is 7.02. The van der Waals surface area contributed by atoms with Gasteiger partial charge in [-0.25, -0.2) is 4.79 Å². The maximum absolute atomic E-state index is 11.8. The van der Waals surface area contributed by atoms with Crippen LogP contribution in [0.3, 0.4) is 0 Å². The third-order valence-electron chi connectivity index (χ3n) is 2.19. The minimum Gasteiger partial charge on any atom is -0.444 e. The minimum absolute atomic E-state index is 0.0705. The zero-order valence-corrected chi connectivity index (χ0v) is 14.5. The lowest BCUT2D eigenvalue weighted by Gasteiger charge is -2.23. The van der Waals surface area contributed by atoms with Crippen molar-refractivity contribution in [3.05, 3.63) is 11.5 Å². The van der Waals surface area contributed by atoms with Crippen molar-refractivity contribution >= 4 is 16.2 Å². The fourth-order valence-electron chi connectivity index (χ4n) is 1.55. The van der Waals surface area contributed by atoms with Crippen LogP contribution in [0.15, 0.2) is 11.5 Å². The van der Waals surface area contributed by atoms with Gasteiger partial charge in [-0.05, 0) is 46.1 Å². The van der Waals surface area contributed by atoms with E-state index in [1.54, 1.807) is 27.7 Å². The molecule has 1 atom stereocenters. The van der Waals surface area contributed by atoms with Gasteiger partial charge in [0.05, 0.1) is 18.1 Å². The number of alkyl carbamates (subject to hydrolysis) is 1. The first kappa shape index (κ1) is 19.9. The molecular weight excluding hydrogens is 294 g/mol. The number of nitrogens with one attached hydrogen (secondary N) is 1. The Morgan fingerprint density at radius 2 is 1.86 bits per heavy atom. The maximum Gasteiger partial charge on any atom is 0.408 e. The van der Waals surface area contributed by atoms with Gasteiger partial charge in [-0.1, -0.05) is 13.8 Å². The standard InChI is InChI=1S/C14H27NO5S/c1-7-19-21(17,18)9-8-12(10-11(2)3)15-13(16)20-14(4,5)6/h8-9,11-12H,7,10H2,1-6H3,(H,15,16)/b9-8-/t12-/m1/s1. The highest BCUT2D eigenvalue weighted by Gasteiger charge is 2.19. The molecule has 0 fully saturated rings. The highest BCUT2D eigenvalue weighted by Crippen LogP contribution is 2.11. The summed E-state index contributed by atoms with van der Waals surface area (Å²) in [5, 5.41) is 3.62. The van der Waals surface area contributed by atoms with Crippen LogP contribution >= 0.6 is 0 Å². The molecule has 0 heterocycles. The topological polar surface area (TPSA) is 81.7 Å². The fourth-order valence-corrected chi connectivity index (χ4v) is 2.34. The van der Waals surface area contributed by atoms with E-state index in [2.05, 4.69) is 9.50 Å². The van der Waals surface area contributed by atoms with Gasteiger partial charge in [-0.15, -0.1) is 0 Å². The highest BCUT2D eigenvalue weighted by molar-refractivity contribution is 7.89. The molecule has 0 aliphatic heterocycles. The second-order valence-corrected chi connectivity index (χ2v) is 7.60. The van der Waals surface area contributed by atoms with Crippen molar-refractivity contribution in [1.29, 1.82) is 0 Å². The number of carbonyl (C=O) groups is 1. The Morgan fingerprint density at radius 1 is 1.29 bits per heavy atom. The largest absolute Gasteiger partial charge is 0.444 e. The predicted octanol–water partition coefficient (Wildman–Crippen LogP) is 2.81. The van der Waals surface area contributed by atoms with E-state index in [1.807, 2.05) is 13.8 Å². The van der Waals surface area contributed by atoms with E-state index in [1.165, 1.54) is 6.08 Å². The number of carbonyl (C=O) groups excluding carboxylic acids is 1. The van der Waals surface area contributed by atoms with E-state index in [9.17, 15) is 13.2 Å². The molecule has 0 bridgehead atoms.